The first-order valence-electron chi connectivity index (χ1n) is 7.62. The zero-order chi connectivity index (χ0) is 15.9. The van der Waals surface area contributed by atoms with Gasteiger partial charge in [-0.25, -0.2) is 0 Å². The summed E-state index contributed by atoms with van der Waals surface area (Å²) in [7, 11) is 1.41. The van der Waals surface area contributed by atoms with E-state index in [2.05, 4.69) is 0 Å². The quantitative estimate of drug-likeness (QED) is 0.618. The van der Waals surface area contributed by atoms with E-state index in [9.17, 15) is 9.59 Å². The Kier molecular flexibility index (Phi) is 6.25. The maximum atomic E-state index is 12.5. The second-order valence-corrected chi connectivity index (χ2v) is 6.06. The Morgan fingerprint density at radius 1 is 1.27 bits per heavy atom. The molecule has 0 aromatic heterocycles. The number of halogens is 1. The van der Waals surface area contributed by atoms with Crippen LogP contribution in [0.5, 0.6) is 0 Å². The van der Waals surface area contributed by atoms with Crippen LogP contribution in [0.25, 0.3) is 0 Å². The van der Waals surface area contributed by atoms with Gasteiger partial charge in [0.25, 0.3) is 5.91 Å². The molecule has 1 heterocycles. The lowest BCUT2D eigenvalue weighted by Crippen LogP contribution is -2.44. The maximum Gasteiger partial charge on any atom is 0.305 e. The standard InChI is InChI=1S/C17H22ClNO3/c1-22-16(20)11-14-8-10-19(12-15(14)7-9-18)17(21)13-5-3-2-4-6-13/h2-6,14-15H,7-12H2,1H3/t14-,15-/m1/s1. The number of nitrogens with zero attached hydrogens (tertiary/aromatic N) is 1. The average molecular weight is 324 g/mol. The van der Waals surface area contributed by atoms with Crippen molar-refractivity contribution in [2.45, 2.75) is 19.3 Å². The normalized spacial score (nSPS) is 21.5. The van der Waals surface area contributed by atoms with Crippen LogP contribution in [0.15, 0.2) is 30.3 Å². The molecule has 120 valence electrons. The van der Waals surface area contributed by atoms with Crippen molar-refractivity contribution in [3.05, 3.63) is 35.9 Å². The summed E-state index contributed by atoms with van der Waals surface area (Å²) < 4.78 is 4.77. The van der Waals surface area contributed by atoms with Gasteiger partial charge in [0, 0.05) is 31.0 Å². The molecule has 0 unspecified atom stereocenters. The third-order valence-corrected chi connectivity index (χ3v) is 4.55. The number of ether oxygens (including phenoxy) is 1. The van der Waals surface area contributed by atoms with Gasteiger partial charge >= 0.3 is 5.97 Å². The third kappa shape index (κ3) is 4.23. The van der Waals surface area contributed by atoms with Crippen LogP contribution in [0.1, 0.15) is 29.6 Å². The molecular weight excluding hydrogens is 302 g/mol. The van der Waals surface area contributed by atoms with Crippen molar-refractivity contribution in [2.75, 3.05) is 26.1 Å². The molecule has 1 aliphatic rings. The molecule has 0 spiro atoms. The van der Waals surface area contributed by atoms with Crippen LogP contribution in [0.3, 0.4) is 0 Å². The number of methoxy groups -OCH3 is 1. The second kappa shape index (κ2) is 8.18. The molecule has 1 aromatic carbocycles. The van der Waals surface area contributed by atoms with E-state index >= 15 is 0 Å². The highest BCUT2D eigenvalue weighted by atomic mass is 35.5. The van der Waals surface area contributed by atoms with E-state index in [0.29, 0.717) is 31.0 Å². The van der Waals surface area contributed by atoms with E-state index in [1.165, 1.54) is 7.11 Å². The molecule has 22 heavy (non-hydrogen) atoms. The largest absolute Gasteiger partial charge is 0.469 e. The minimum absolute atomic E-state index is 0.0525. The molecule has 1 amide bonds. The first-order valence-corrected chi connectivity index (χ1v) is 8.16. The van der Waals surface area contributed by atoms with Crippen LogP contribution in [-0.4, -0.2) is 42.9 Å². The van der Waals surface area contributed by atoms with Crippen LogP contribution in [0, 0.1) is 11.8 Å². The number of carbonyl (C=O) groups is 2. The van der Waals surface area contributed by atoms with Gasteiger partial charge in [-0.05, 0) is 36.8 Å². The number of carbonyl (C=O) groups excluding carboxylic acids is 2. The van der Waals surface area contributed by atoms with Crippen molar-refractivity contribution < 1.29 is 14.3 Å². The minimum atomic E-state index is -0.188. The summed E-state index contributed by atoms with van der Waals surface area (Å²) in [6.45, 7) is 1.33. The summed E-state index contributed by atoms with van der Waals surface area (Å²) in [6, 6.07) is 9.30. The fourth-order valence-corrected chi connectivity index (χ4v) is 3.34. The van der Waals surface area contributed by atoms with E-state index in [0.717, 1.165) is 12.8 Å². The van der Waals surface area contributed by atoms with Gasteiger partial charge in [0.15, 0.2) is 0 Å². The SMILES string of the molecule is COC(=O)C[C@H]1CCN(C(=O)c2ccccc2)C[C@H]1CCCl. The monoisotopic (exact) mass is 323 g/mol. The second-order valence-electron chi connectivity index (χ2n) is 5.68. The molecule has 0 N–H and O–H groups in total. The fourth-order valence-electron chi connectivity index (χ4n) is 3.06. The summed E-state index contributed by atoms with van der Waals surface area (Å²) in [4.78, 5) is 25.9. The molecule has 0 aliphatic carbocycles. The van der Waals surface area contributed by atoms with E-state index in [4.69, 9.17) is 16.3 Å². The van der Waals surface area contributed by atoms with E-state index in [-0.39, 0.29) is 23.7 Å². The number of hydrogen-bond acceptors (Lipinski definition) is 3. The molecule has 1 saturated heterocycles. The first kappa shape index (κ1) is 16.8. The van der Waals surface area contributed by atoms with E-state index in [1.54, 1.807) is 0 Å². The Balaban J connectivity index is 2.03. The van der Waals surface area contributed by atoms with Gasteiger partial charge in [-0.15, -0.1) is 11.6 Å². The average Bonchev–Trinajstić information content (AvgIpc) is 2.56. The van der Waals surface area contributed by atoms with E-state index < -0.39 is 0 Å². The molecule has 0 radical (unpaired) electrons. The Labute approximate surface area is 136 Å². The fraction of sp³-hybridized carbons (Fsp3) is 0.529. The Morgan fingerprint density at radius 3 is 2.64 bits per heavy atom. The van der Waals surface area contributed by atoms with E-state index in [1.807, 2.05) is 35.2 Å². The molecular formula is C17H22ClNO3. The van der Waals surface area contributed by atoms with Crippen LogP contribution >= 0.6 is 11.6 Å². The summed E-state index contributed by atoms with van der Waals surface area (Å²) in [5.74, 6) is 0.892. The number of amides is 1. The van der Waals surface area contributed by atoms with Crippen molar-refractivity contribution in [1.82, 2.24) is 4.90 Å². The first-order chi connectivity index (χ1) is 10.7. The molecule has 2 rings (SSSR count). The van der Waals surface area contributed by atoms with Crippen LogP contribution in [-0.2, 0) is 9.53 Å². The lowest BCUT2D eigenvalue weighted by molar-refractivity contribution is -0.142. The number of rotatable bonds is 5. The predicted molar refractivity (Wildman–Crippen MR) is 85.9 cm³/mol. The predicted octanol–water partition coefficient (Wildman–Crippen LogP) is 2.96. The smallest absolute Gasteiger partial charge is 0.305 e. The number of likely N-dealkylation sites (tertiary alicyclic amines) is 1. The summed E-state index contributed by atoms with van der Waals surface area (Å²) in [5, 5.41) is 0. The molecule has 0 saturated carbocycles. The van der Waals surface area contributed by atoms with Gasteiger partial charge in [-0.1, -0.05) is 18.2 Å². The highest BCUT2D eigenvalue weighted by molar-refractivity contribution is 6.17. The molecule has 0 bridgehead atoms. The van der Waals surface area contributed by atoms with Crippen molar-refractivity contribution in [2.24, 2.45) is 11.8 Å². The van der Waals surface area contributed by atoms with Gasteiger partial charge in [0.05, 0.1) is 7.11 Å². The maximum absolute atomic E-state index is 12.5. The van der Waals surface area contributed by atoms with Crippen LogP contribution in [0.2, 0.25) is 0 Å². The van der Waals surface area contributed by atoms with Crippen molar-refractivity contribution in [1.29, 1.82) is 0 Å². The number of alkyl halides is 1. The Morgan fingerprint density at radius 2 is 2.00 bits per heavy atom. The molecule has 1 fully saturated rings. The van der Waals surface area contributed by atoms with Gasteiger partial charge in [-0.2, -0.15) is 0 Å². The lowest BCUT2D eigenvalue weighted by Gasteiger charge is -2.38. The summed E-state index contributed by atoms with van der Waals surface area (Å²) in [6.07, 6.45) is 2.03. The highest BCUT2D eigenvalue weighted by Gasteiger charge is 2.32. The van der Waals surface area contributed by atoms with Gasteiger partial charge in [0.2, 0.25) is 0 Å². The van der Waals surface area contributed by atoms with Crippen LogP contribution < -0.4 is 0 Å². The molecule has 1 aliphatic heterocycles. The van der Waals surface area contributed by atoms with Gasteiger partial charge in [0.1, 0.15) is 0 Å². The third-order valence-electron chi connectivity index (χ3n) is 4.34. The lowest BCUT2D eigenvalue weighted by atomic mass is 9.81. The summed E-state index contributed by atoms with van der Waals surface area (Å²) >= 11 is 5.90. The highest BCUT2D eigenvalue weighted by Crippen LogP contribution is 2.30. The molecule has 5 heteroatoms. The van der Waals surface area contributed by atoms with Crippen molar-refractivity contribution in [3.8, 4) is 0 Å². The molecule has 1 aromatic rings. The van der Waals surface area contributed by atoms with Gasteiger partial charge in [-0.3, -0.25) is 9.59 Å². The number of esters is 1. The van der Waals surface area contributed by atoms with Crippen LogP contribution in [0.4, 0.5) is 0 Å². The molecule has 4 nitrogen and oxygen atoms in total. The Hall–Kier alpha value is -1.55. The minimum Gasteiger partial charge on any atom is -0.469 e. The van der Waals surface area contributed by atoms with Crippen molar-refractivity contribution >= 4 is 23.5 Å². The number of piperidine rings is 1. The number of hydrogen-bond donors (Lipinski definition) is 0. The molecule has 2 atom stereocenters. The number of benzene rings is 1. The van der Waals surface area contributed by atoms with Gasteiger partial charge < -0.3 is 9.64 Å². The zero-order valence-corrected chi connectivity index (χ0v) is 13.6. The zero-order valence-electron chi connectivity index (χ0n) is 12.8. The van der Waals surface area contributed by atoms with Crippen molar-refractivity contribution in [3.63, 3.8) is 0 Å². The Bertz CT molecular complexity index is 506. The summed E-state index contributed by atoms with van der Waals surface area (Å²) in [5.41, 5.74) is 0.707. The topological polar surface area (TPSA) is 46.6 Å².